The van der Waals surface area contributed by atoms with Crippen LogP contribution < -0.4 is 0 Å². The van der Waals surface area contributed by atoms with E-state index < -0.39 is 21.1 Å². The first-order valence-corrected chi connectivity index (χ1v) is 8.05. The van der Waals surface area contributed by atoms with Crippen molar-refractivity contribution >= 4 is 43.3 Å². The van der Waals surface area contributed by atoms with Crippen LogP contribution in [-0.2, 0) is 20.4 Å². The summed E-state index contributed by atoms with van der Waals surface area (Å²) < 4.78 is 24.7. The monoisotopic (exact) mass is 354 g/mol. The van der Waals surface area contributed by atoms with Crippen LogP contribution in [0.4, 0.5) is 0 Å². The standard InChI is InChI=1S/C11H12BrClO4S/c1-2-10(11(14)15)18(16,17)6-7-3-4-8(12)5-9(7)13/h3-5,10H,2,6H2,1H3,(H,14,15). The van der Waals surface area contributed by atoms with Crippen molar-refractivity contribution in [1.29, 1.82) is 0 Å². The molecule has 7 heteroatoms. The van der Waals surface area contributed by atoms with Crippen molar-refractivity contribution in [2.24, 2.45) is 0 Å². The average molecular weight is 356 g/mol. The van der Waals surface area contributed by atoms with Gasteiger partial charge in [-0.2, -0.15) is 0 Å². The van der Waals surface area contributed by atoms with E-state index >= 15 is 0 Å². The van der Waals surface area contributed by atoms with Crippen LogP contribution in [0.25, 0.3) is 0 Å². The van der Waals surface area contributed by atoms with Crippen molar-refractivity contribution in [2.45, 2.75) is 24.3 Å². The number of hydrogen-bond acceptors (Lipinski definition) is 3. The first kappa shape index (κ1) is 15.5. The molecule has 0 aliphatic carbocycles. The Labute approximate surface area is 119 Å². The van der Waals surface area contributed by atoms with Crippen molar-refractivity contribution in [3.8, 4) is 0 Å². The summed E-state index contributed by atoms with van der Waals surface area (Å²) in [7, 11) is -3.76. The third kappa shape index (κ3) is 3.70. The summed E-state index contributed by atoms with van der Waals surface area (Å²) in [6.07, 6.45) is 0.0335. The van der Waals surface area contributed by atoms with Gasteiger partial charge in [-0.3, -0.25) is 4.79 Å². The van der Waals surface area contributed by atoms with Crippen LogP contribution >= 0.6 is 27.5 Å². The number of halogens is 2. The molecule has 18 heavy (non-hydrogen) atoms. The van der Waals surface area contributed by atoms with Crippen molar-refractivity contribution in [1.82, 2.24) is 0 Å². The first-order valence-electron chi connectivity index (χ1n) is 5.16. The summed E-state index contributed by atoms with van der Waals surface area (Å²) in [6, 6.07) is 4.81. The number of carboxylic acid groups (broad SMARTS) is 1. The maximum atomic E-state index is 12.0. The molecule has 0 fully saturated rings. The highest BCUT2D eigenvalue weighted by molar-refractivity contribution is 9.10. The SMILES string of the molecule is CCC(C(=O)O)S(=O)(=O)Cc1ccc(Br)cc1Cl. The fourth-order valence-corrected chi connectivity index (χ4v) is 4.06. The molecule has 1 N–H and O–H groups in total. The summed E-state index contributed by atoms with van der Waals surface area (Å²) >= 11 is 9.13. The Morgan fingerprint density at radius 1 is 1.50 bits per heavy atom. The van der Waals surface area contributed by atoms with Gasteiger partial charge in [0.25, 0.3) is 0 Å². The molecule has 0 aliphatic heterocycles. The first-order chi connectivity index (χ1) is 8.27. The Hall–Kier alpha value is -0.590. The number of sulfone groups is 1. The van der Waals surface area contributed by atoms with Gasteiger partial charge in [-0.1, -0.05) is 40.5 Å². The van der Waals surface area contributed by atoms with E-state index in [9.17, 15) is 13.2 Å². The van der Waals surface area contributed by atoms with Crippen LogP contribution in [-0.4, -0.2) is 24.7 Å². The van der Waals surface area contributed by atoms with Gasteiger partial charge in [0.1, 0.15) is 0 Å². The molecular formula is C11H12BrClO4S. The van der Waals surface area contributed by atoms with Crippen LogP contribution in [0.5, 0.6) is 0 Å². The van der Waals surface area contributed by atoms with Crippen molar-refractivity contribution in [3.05, 3.63) is 33.3 Å². The zero-order valence-corrected chi connectivity index (χ0v) is 12.7. The van der Waals surface area contributed by atoms with Crippen LogP contribution in [0.2, 0.25) is 5.02 Å². The van der Waals surface area contributed by atoms with Gasteiger partial charge in [0.05, 0.1) is 5.75 Å². The van der Waals surface area contributed by atoms with Crippen LogP contribution in [0, 0.1) is 0 Å². The molecule has 0 heterocycles. The molecule has 1 atom stereocenters. The van der Waals surface area contributed by atoms with Crippen LogP contribution in [0.1, 0.15) is 18.9 Å². The number of rotatable bonds is 5. The molecule has 100 valence electrons. The molecule has 1 rings (SSSR count). The molecule has 0 radical (unpaired) electrons. The Balaban J connectivity index is 3.05. The molecular weight excluding hydrogens is 344 g/mol. The van der Waals surface area contributed by atoms with Gasteiger partial charge in [-0.15, -0.1) is 0 Å². The van der Waals surface area contributed by atoms with Crippen LogP contribution in [0.15, 0.2) is 22.7 Å². The Kier molecular flexibility index (Phi) is 5.19. The summed E-state index contributed by atoms with van der Waals surface area (Å²) in [6.45, 7) is 1.53. The van der Waals surface area contributed by atoms with Crippen molar-refractivity contribution in [3.63, 3.8) is 0 Å². The molecule has 1 unspecified atom stereocenters. The second kappa shape index (κ2) is 6.04. The van der Waals surface area contributed by atoms with Gasteiger partial charge in [-0.25, -0.2) is 8.42 Å². The minimum absolute atomic E-state index is 0.0335. The highest BCUT2D eigenvalue weighted by Gasteiger charge is 2.31. The number of carbonyl (C=O) groups is 1. The summed E-state index contributed by atoms with van der Waals surface area (Å²) in [5.41, 5.74) is 0.402. The largest absolute Gasteiger partial charge is 0.480 e. The third-order valence-corrected chi connectivity index (χ3v) is 5.41. The zero-order valence-electron chi connectivity index (χ0n) is 9.56. The normalized spacial score (nSPS) is 13.3. The molecule has 1 aromatic carbocycles. The predicted molar refractivity (Wildman–Crippen MR) is 73.5 cm³/mol. The lowest BCUT2D eigenvalue weighted by Crippen LogP contribution is -2.30. The van der Waals surface area contributed by atoms with Gasteiger partial charge in [0.2, 0.25) is 0 Å². The Bertz CT molecular complexity index is 556. The fraction of sp³-hybridized carbons (Fsp3) is 0.364. The lowest BCUT2D eigenvalue weighted by Gasteiger charge is -2.12. The van der Waals surface area contributed by atoms with E-state index in [4.69, 9.17) is 16.7 Å². The number of aliphatic carboxylic acids is 1. The Morgan fingerprint density at radius 2 is 2.11 bits per heavy atom. The second-order valence-corrected chi connectivity index (χ2v) is 7.28. The zero-order chi connectivity index (χ0) is 13.9. The quantitative estimate of drug-likeness (QED) is 0.881. The minimum Gasteiger partial charge on any atom is -0.480 e. The lowest BCUT2D eigenvalue weighted by molar-refractivity contribution is -0.136. The maximum absolute atomic E-state index is 12.0. The van der Waals surface area contributed by atoms with E-state index in [0.29, 0.717) is 10.6 Å². The van der Waals surface area contributed by atoms with Crippen LogP contribution in [0.3, 0.4) is 0 Å². The van der Waals surface area contributed by atoms with Gasteiger partial charge < -0.3 is 5.11 Å². The van der Waals surface area contributed by atoms with Gasteiger partial charge >= 0.3 is 5.97 Å². The summed E-state index contributed by atoms with van der Waals surface area (Å²) in [5, 5.41) is 7.79. The molecule has 0 bridgehead atoms. The van der Waals surface area contributed by atoms with E-state index in [-0.39, 0.29) is 12.2 Å². The van der Waals surface area contributed by atoms with E-state index in [0.717, 1.165) is 4.47 Å². The second-order valence-electron chi connectivity index (χ2n) is 3.78. The number of benzene rings is 1. The number of hydrogen-bond donors (Lipinski definition) is 1. The minimum atomic E-state index is -3.76. The van der Waals surface area contributed by atoms with Gasteiger partial charge in [0, 0.05) is 9.50 Å². The summed E-state index contributed by atoms with van der Waals surface area (Å²) in [4.78, 5) is 10.9. The molecule has 4 nitrogen and oxygen atoms in total. The van der Waals surface area contributed by atoms with E-state index in [2.05, 4.69) is 15.9 Å². The topological polar surface area (TPSA) is 71.4 Å². The highest BCUT2D eigenvalue weighted by atomic mass is 79.9. The smallest absolute Gasteiger partial charge is 0.321 e. The predicted octanol–water partition coefficient (Wildman–Crippen LogP) is 2.88. The Morgan fingerprint density at radius 3 is 2.56 bits per heavy atom. The average Bonchev–Trinajstić information content (AvgIpc) is 2.22. The number of carboxylic acids is 1. The van der Waals surface area contributed by atoms with Crippen molar-refractivity contribution < 1.29 is 18.3 Å². The van der Waals surface area contributed by atoms with Crippen molar-refractivity contribution in [2.75, 3.05) is 0 Å². The molecule has 0 aromatic heterocycles. The lowest BCUT2D eigenvalue weighted by atomic mass is 10.2. The molecule has 0 spiro atoms. The molecule has 0 saturated heterocycles. The van der Waals surface area contributed by atoms with Gasteiger partial charge in [0.15, 0.2) is 15.1 Å². The molecule has 0 aliphatic rings. The van der Waals surface area contributed by atoms with Gasteiger partial charge in [-0.05, 0) is 24.1 Å². The molecule has 0 saturated carbocycles. The fourth-order valence-electron chi connectivity index (χ4n) is 1.54. The molecule has 1 aromatic rings. The van der Waals surface area contributed by atoms with E-state index in [1.807, 2.05) is 0 Å². The highest BCUT2D eigenvalue weighted by Crippen LogP contribution is 2.24. The van der Waals surface area contributed by atoms with E-state index in [1.54, 1.807) is 18.2 Å². The third-order valence-electron chi connectivity index (χ3n) is 2.45. The van der Waals surface area contributed by atoms with E-state index in [1.165, 1.54) is 6.92 Å². The molecule has 0 amide bonds. The summed E-state index contributed by atoms with van der Waals surface area (Å²) in [5.74, 6) is -1.70. The maximum Gasteiger partial charge on any atom is 0.321 e.